The highest BCUT2D eigenvalue weighted by Crippen LogP contribution is 2.47. The summed E-state index contributed by atoms with van der Waals surface area (Å²) in [6.07, 6.45) is 0.901. The largest absolute Gasteiger partial charge is 0.456 e. The summed E-state index contributed by atoms with van der Waals surface area (Å²) in [5.74, 6) is 1.06. The number of imidazole rings is 1. The van der Waals surface area contributed by atoms with Gasteiger partial charge in [-0.05, 0) is 59.7 Å². The summed E-state index contributed by atoms with van der Waals surface area (Å²) in [5.41, 5.74) is 11.0. The predicted molar refractivity (Wildman–Crippen MR) is 177 cm³/mol. The maximum atomic E-state index is 8.00. The second-order valence-corrected chi connectivity index (χ2v) is 12.6. The topological polar surface area (TPSA) is 26.3 Å². The van der Waals surface area contributed by atoms with Gasteiger partial charge in [0.05, 0.1) is 13.6 Å². The van der Waals surface area contributed by atoms with E-state index in [2.05, 4.69) is 128 Å². The van der Waals surface area contributed by atoms with Gasteiger partial charge in [0, 0.05) is 16.3 Å². The number of furan rings is 1. The summed E-state index contributed by atoms with van der Waals surface area (Å²) in [6.45, 7) is 17.0. The second kappa shape index (κ2) is 10.00. The van der Waals surface area contributed by atoms with Crippen LogP contribution in [-0.4, -0.2) is 4.57 Å². The summed E-state index contributed by atoms with van der Waals surface area (Å²) < 4.78 is 11.7. The minimum Gasteiger partial charge on any atom is -0.456 e. The molecule has 0 unspecified atom stereocenters. The number of fused-ring (bicyclic) bond motifs is 4. The first-order valence-corrected chi connectivity index (χ1v) is 14.8. The van der Waals surface area contributed by atoms with Crippen molar-refractivity contribution < 1.29 is 8.98 Å². The van der Waals surface area contributed by atoms with Gasteiger partial charge in [-0.15, -0.1) is 0 Å². The molecular weight excluding hydrogens is 526 g/mol. The quantitative estimate of drug-likeness (QED) is 0.155. The number of para-hydroxylation sites is 3. The van der Waals surface area contributed by atoms with Crippen molar-refractivity contribution in [1.29, 1.82) is 0 Å². The standard InChI is InChI=1S/C39H34N3O/c1-25-23-27(24-39(2,3)4)34-29-21-22-30(40-5)35(26-15-9-7-10-16-26)36(29)43-37(34)33(25)38-41(6)31-19-13-14-20-32(31)42(38)28-17-11-8-12-18-28/h7-23H,24H2,1-4,6H3/q+1. The lowest BCUT2D eigenvalue weighted by Gasteiger charge is -2.20. The van der Waals surface area contributed by atoms with Crippen LogP contribution in [-0.2, 0) is 13.5 Å². The summed E-state index contributed by atoms with van der Waals surface area (Å²) in [4.78, 5) is 3.93. The van der Waals surface area contributed by atoms with Gasteiger partial charge in [-0.1, -0.05) is 99.6 Å². The summed E-state index contributed by atoms with van der Waals surface area (Å²) in [6, 6.07) is 35.6. The second-order valence-electron chi connectivity index (χ2n) is 12.6. The first kappa shape index (κ1) is 26.7. The molecule has 0 amide bonds. The molecule has 43 heavy (non-hydrogen) atoms. The molecule has 0 N–H and O–H groups in total. The molecule has 210 valence electrons. The van der Waals surface area contributed by atoms with Gasteiger partial charge >= 0.3 is 0 Å². The zero-order valence-electron chi connectivity index (χ0n) is 25.3. The molecule has 7 aromatic rings. The van der Waals surface area contributed by atoms with E-state index in [4.69, 9.17) is 11.0 Å². The summed E-state index contributed by atoms with van der Waals surface area (Å²) >= 11 is 0. The number of aryl methyl sites for hydroxylation is 2. The Hall–Kier alpha value is -5.14. The summed E-state index contributed by atoms with van der Waals surface area (Å²) in [7, 11) is 2.14. The average Bonchev–Trinajstić information content (AvgIpc) is 3.52. The predicted octanol–water partition coefficient (Wildman–Crippen LogP) is 10.1. The van der Waals surface area contributed by atoms with Crippen LogP contribution < -0.4 is 4.57 Å². The molecule has 0 aliphatic rings. The maximum absolute atomic E-state index is 8.00. The zero-order valence-corrected chi connectivity index (χ0v) is 25.3. The fraction of sp³-hybridized carbons (Fsp3) is 0.179. The highest BCUT2D eigenvalue weighted by Gasteiger charge is 2.32. The van der Waals surface area contributed by atoms with Crippen LogP contribution in [0.2, 0.25) is 0 Å². The fourth-order valence-corrected chi connectivity index (χ4v) is 6.63. The lowest BCUT2D eigenvalue weighted by molar-refractivity contribution is -0.633. The van der Waals surface area contributed by atoms with Crippen LogP contribution in [0.3, 0.4) is 0 Å². The molecular formula is C39H34N3O+. The molecule has 0 saturated carbocycles. The third-order valence-corrected chi connectivity index (χ3v) is 8.32. The molecule has 0 aliphatic heterocycles. The average molecular weight is 561 g/mol. The number of hydrogen-bond donors (Lipinski definition) is 0. The van der Waals surface area contributed by atoms with Crippen molar-refractivity contribution in [2.24, 2.45) is 12.5 Å². The van der Waals surface area contributed by atoms with Gasteiger partial charge in [-0.3, -0.25) is 0 Å². The Bertz CT molecular complexity index is 2210. The van der Waals surface area contributed by atoms with Crippen molar-refractivity contribution in [3.63, 3.8) is 0 Å². The molecule has 0 fully saturated rings. The third kappa shape index (κ3) is 4.32. The van der Waals surface area contributed by atoms with Crippen LogP contribution >= 0.6 is 0 Å². The monoisotopic (exact) mass is 560 g/mol. The minimum atomic E-state index is 0.0762. The Labute approximate surface area is 252 Å². The Balaban J connectivity index is 1.68. The lowest BCUT2D eigenvalue weighted by Crippen LogP contribution is -2.30. The van der Waals surface area contributed by atoms with Gasteiger partial charge in [0.15, 0.2) is 22.3 Å². The van der Waals surface area contributed by atoms with Crippen molar-refractivity contribution in [3.05, 3.63) is 126 Å². The van der Waals surface area contributed by atoms with Crippen LogP contribution in [0.15, 0.2) is 108 Å². The smallest absolute Gasteiger partial charge is 0.298 e. The number of benzene rings is 5. The van der Waals surface area contributed by atoms with E-state index < -0.39 is 0 Å². The van der Waals surface area contributed by atoms with Crippen molar-refractivity contribution in [1.82, 2.24) is 4.57 Å². The Kier molecular flexibility index (Phi) is 6.22. The summed E-state index contributed by atoms with van der Waals surface area (Å²) in [5, 5.41) is 2.18. The Morgan fingerprint density at radius 2 is 1.49 bits per heavy atom. The lowest BCUT2D eigenvalue weighted by atomic mass is 9.84. The first-order valence-electron chi connectivity index (χ1n) is 14.8. The van der Waals surface area contributed by atoms with E-state index in [1.807, 2.05) is 24.3 Å². The SMILES string of the molecule is [C-]#[N+]c1ccc2c(oc3c(-c4n(-c5ccccc5)c5ccccc5[n+]4C)c(C)cc(CC(C)(C)C)c32)c1-c1ccccc1. The van der Waals surface area contributed by atoms with E-state index in [-0.39, 0.29) is 5.41 Å². The molecule has 2 aromatic heterocycles. The van der Waals surface area contributed by atoms with Gasteiger partial charge in [0.2, 0.25) is 0 Å². The van der Waals surface area contributed by atoms with Gasteiger partial charge < -0.3 is 4.42 Å². The fourth-order valence-electron chi connectivity index (χ4n) is 6.63. The molecule has 0 radical (unpaired) electrons. The van der Waals surface area contributed by atoms with E-state index in [1.165, 1.54) is 5.56 Å². The van der Waals surface area contributed by atoms with Crippen LogP contribution in [0, 0.1) is 18.9 Å². The molecule has 0 bridgehead atoms. The highest BCUT2D eigenvalue weighted by atomic mass is 16.3. The van der Waals surface area contributed by atoms with Gasteiger partial charge in [-0.25, -0.2) is 9.41 Å². The third-order valence-electron chi connectivity index (χ3n) is 8.32. The molecule has 7 rings (SSSR count). The van der Waals surface area contributed by atoms with E-state index in [0.717, 1.165) is 73.2 Å². The molecule has 0 spiro atoms. The van der Waals surface area contributed by atoms with Gasteiger partial charge in [0.25, 0.3) is 5.82 Å². The molecule has 0 aliphatic carbocycles. The zero-order chi connectivity index (χ0) is 29.9. The van der Waals surface area contributed by atoms with Crippen molar-refractivity contribution in [2.75, 3.05) is 0 Å². The van der Waals surface area contributed by atoms with Crippen LogP contribution in [0.5, 0.6) is 0 Å². The van der Waals surface area contributed by atoms with Crippen LogP contribution in [0.25, 0.3) is 66.0 Å². The Morgan fingerprint density at radius 3 is 2.19 bits per heavy atom. The van der Waals surface area contributed by atoms with Crippen LogP contribution in [0.4, 0.5) is 5.69 Å². The molecule has 4 nitrogen and oxygen atoms in total. The minimum absolute atomic E-state index is 0.0762. The molecule has 0 saturated heterocycles. The highest BCUT2D eigenvalue weighted by molar-refractivity contribution is 6.16. The molecule has 4 heteroatoms. The van der Waals surface area contributed by atoms with Gasteiger partial charge in [-0.2, -0.15) is 4.57 Å². The maximum Gasteiger partial charge on any atom is 0.298 e. The van der Waals surface area contributed by atoms with Crippen molar-refractivity contribution in [3.8, 4) is 28.2 Å². The van der Waals surface area contributed by atoms with E-state index >= 15 is 0 Å². The number of nitrogens with zero attached hydrogens (tertiary/aromatic N) is 3. The van der Waals surface area contributed by atoms with E-state index in [0.29, 0.717) is 5.69 Å². The van der Waals surface area contributed by atoms with Gasteiger partial charge in [0.1, 0.15) is 16.8 Å². The van der Waals surface area contributed by atoms with E-state index in [1.54, 1.807) is 0 Å². The molecule has 0 atom stereocenters. The molecule has 2 heterocycles. The Morgan fingerprint density at radius 1 is 0.814 bits per heavy atom. The van der Waals surface area contributed by atoms with E-state index in [9.17, 15) is 0 Å². The van der Waals surface area contributed by atoms with Crippen molar-refractivity contribution in [2.45, 2.75) is 34.1 Å². The molecule has 5 aromatic carbocycles. The van der Waals surface area contributed by atoms with Crippen molar-refractivity contribution >= 4 is 38.7 Å². The first-order chi connectivity index (χ1) is 20.8. The number of aromatic nitrogens is 2. The van der Waals surface area contributed by atoms with Crippen LogP contribution in [0.1, 0.15) is 31.9 Å². The number of rotatable bonds is 4. The normalized spacial score (nSPS) is 11.9. The number of hydrogen-bond acceptors (Lipinski definition) is 1.